The molecule has 0 bridgehead atoms. The van der Waals surface area contributed by atoms with Crippen LogP contribution in [-0.4, -0.2) is 19.1 Å². The van der Waals surface area contributed by atoms with E-state index in [1.54, 1.807) is 0 Å². The highest BCUT2D eigenvalue weighted by Gasteiger charge is 2.06. The Morgan fingerprint density at radius 2 is 2.00 bits per heavy atom. The summed E-state index contributed by atoms with van der Waals surface area (Å²) in [6.45, 7) is 3.74. The highest BCUT2D eigenvalue weighted by molar-refractivity contribution is 9.10. The van der Waals surface area contributed by atoms with E-state index < -0.39 is 0 Å². The van der Waals surface area contributed by atoms with E-state index in [1.807, 2.05) is 20.0 Å². The minimum Gasteiger partial charge on any atom is -0.355 e. The summed E-state index contributed by atoms with van der Waals surface area (Å²) in [6.07, 6.45) is 0. The van der Waals surface area contributed by atoms with E-state index >= 15 is 0 Å². The molecule has 0 saturated heterocycles. The van der Waals surface area contributed by atoms with Gasteiger partial charge in [-0.3, -0.25) is 0 Å². The van der Waals surface area contributed by atoms with Crippen LogP contribution in [0.5, 0.6) is 0 Å². The number of rotatable bonds is 5. The van der Waals surface area contributed by atoms with Gasteiger partial charge in [-0.1, -0.05) is 28.1 Å². The second-order valence-electron chi connectivity index (χ2n) is 4.99. The van der Waals surface area contributed by atoms with Crippen LogP contribution in [-0.2, 0) is 13.1 Å². The quantitative estimate of drug-likeness (QED) is 0.907. The number of nitrogens with one attached hydrogen (secondary N) is 1. The summed E-state index contributed by atoms with van der Waals surface area (Å²) in [5.74, 6) is 1.01. The second kappa shape index (κ2) is 6.86. The van der Waals surface area contributed by atoms with Gasteiger partial charge in [-0.25, -0.2) is 4.98 Å². The van der Waals surface area contributed by atoms with E-state index in [0.29, 0.717) is 0 Å². The maximum absolute atomic E-state index is 4.62. The van der Waals surface area contributed by atoms with E-state index in [2.05, 4.69) is 68.5 Å². The van der Waals surface area contributed by atoms with Crippen molar-refractivity contribution in [2.75, 3.05) is 19.0 Å². The molecule has 4 heteroatoms. The average molecular weight is 334 g/mol. The van der Waals surface area contributed by atoms with Gasteiger partial charge in [0.2, 0.25) is 0 Å². The Balaban J connectivity index is 2.18. The van der Waals surface area contributed by atoms with Gasteiger partial charge in [-0.2, -0.15) is 0 Å². The van der Waals surface area contributed by atoms with Crippen LogP contribution in [0.3, 0.4) is 0 Å². The predicted octanol–water partition coefficient (Wildman–Crippen LogP) is 3.51. The molecular weight excluding hydrogens is 314 g/mol. The fraction of sp³-hybridized carbons (Fsp3) is 0.312. The van der Waals surface area contributed by atoms with Gasteiger partial charge in [0.1, 0.15) is 5.82 Å². The number of aryl methyl sites for hydroxylation is 1. The van der Waals surface area contributed by atoms with Crippen LogP contribution in [0.4, 0.5) is 5.82 Å². The first kappa shape index (κ1) is 15.0. The third-order valence-electron chi connectivity index (χ3n) is 3.08. The summed E-state index contributed by atoms with van der Waals surface area (Å²) in [7, 11) is 4.03. The second-order valence-corrected chi connectivity index (χ2v) is 5.91. The Bertz CT molecular complexity index is 584. The van der Waals surface area contributed by atoms with E-state index in [-0.39, 0.29) is 0 Å². The summed E-state index contributed by atoms with van der Waals surface area (Å²) < 4.78 is 1.11. The molecule has 106 valence electrons. The molecule has 0 spiro atoms. The smallest absolute Gasteiger partial charge is 0.129 e. The average Bonchev–Trinajstić information content (AvgIpc) is 2.38. The molecule has 0 atom stereocenters. The van der Waals surface area contributed by atoms with Gasteiger partial charge >= 0.3 is 0 Å². The summed E-state index contributed by atoms with van der Waals surface area (Å²) in [6, 6.07) is 12.6. The van der Waals surface area contributed by atoms with Gasteiger partial charge in [-0.15, -0.1) is 0 Å². The van der Waals surface area contributed by atoms with Crippen molar-refractivity contribution >= 4 is 21.7 Å². The zero-order valence-corrected chi connectivity index (χ0v) is 13.7. The fourth-order valence-electron chi connectivity index (χ4n) is 2.21. The van der Waals surface area contributed by atoms with Crippen molar-refractivity contribution in [2.24, 2.45) is 0 Å². The first-order valence-electron chi connectivity index (χ1n) is 6.66. The van der Waals surface area contributed by atoms with Crippen LogP contribution < -0.4 is 10.2 Å². The number of benzene rings is 1. The Hall–Kier alpha value is -1.39. The summed E-state index contributed by atoms with van der Waals surface area (Å²) in [5.41, 5.74) is 3.57. The van der Waals surface area contributed by atoms with Crippen LogP contribution in [0, 0.1) is 6.92 Å². The minimum atomic E-state index is 0.842. The van der Waals surface area contributed by atoms with E-state index in [9.17, 15) is 0 Å². The number of anilines is 1. The summed E-state index contributed by atoms with van der Waals surface area (Å²) in [4.78, 5) is 6.80. The third kappa shape index (κ3) is 4.05. The number of nitrogens with zero attached hydrogens (tertiary/aromatic N) is 2. The molecule has 3 nitrogen and oxygen atoms in total. The van der Waals surface area contributed by atoms with E-state index in [1.165, 1.54) is 11.1 Å². The molecule has 0 radical (unpaired) electrons. The zero-order chi connectivity index (χ0) is 14.5. The number of halogens is 1. The molecule has 2 aromatic rings. The molecule has 0 amide bonds. The van der Waals surface area contributed by atoms with Crippen LogP contribution in [0.25, 0.3) is 0 Å². The van der Waals surface area contributed by atoms with Gasteiger partial charge in [0.15, 0.2) is 0 Å². The molecule has 1 aromatic carbocycles. The maximum Gasteiger partial charge on any atom is 0.129 e. The molecule has 0 aliphatic rings. The van der Waals surface area contributed by atoms with E-state index in [0.717, 1.165) is 29.1 Å². The normalized spacial score (nSPS) is 10.6. The van der Waals surface area contributed by atoms with Gasteiger partial charge in [0.05, 0.1) is 0 Å². The van der Waals surface area contributed by atoms with Crippen molar-refractivity contribution in [2.45, 2.75) is 20.0 Å². The molecule has 0 saturated carbocycles. The van der Waals surface area contributed by atoms with Crippen molar-refractivity contribution in [1.82, 2.24) is 10.3 Å². The van der Waals surface area contributed by atoms with Crippen LogP contribution in [0.2, 0.25) is 0 Å². The van der Waals surface area contributed by atoms with Gasteiger partial charge < -0.3 is 10.2 Å². The highest BCUT2D eigenvalue weighted by atomic mass is 79.9. The predicted molar refractivity (Wildman–Crippen MR) is 88.0 cm³/mol. The van der Waals surface area contributed by atoms with Crippen LogP contribution in [0.15, 0.2) is 40.9 Å². The summed E-state index contributed by atoms with van der Waals surface area (Å²) in [5, 5.41) is 3.18. The Morgan fingerprint density at radius 3 is 2.70 bits per heavy atom. The standard InChI is InChI=1S/C16H20BrN3/c1-12-7-14(10-18-2)9-16(19-12)20(3)11-13-5-4-6-15(17)8-13/h4-9,18H,10-11H2,1-3H3. The molecular formula is C16H20BrN3. The van der Waals surface area contributed by atoms with Gasteiger partial charge in [0.25, 0.3) is 0 Å². The van der Waals surface area contributed by atoms with Crippen molar-refractivity contribution in [1.29, 1.82) is 0 Å². The number of aromatic nitrogens is 1. The van der Waals surface area contributed by atoms with Crippen LogP contribution in [0.1, 0.15) is 16.8 Å². The van der Waals surface area contributed by atoms with Crippen molar-refractivity contribution < 1.29 is 0 Å². The summed E-state index contributed by atoms with van der Waals surface area (Å²) >= 11 is 3.51. The Labute approximate surface area is 129 Å². The molecule has 0 unspecified atom stereocenters. The molecule has 0 aliphatic carbocycles. The van der Waals surface area contributed by atoms with Crippen molar-refractivity contribution in [3.8, 4) is 0 Å². The number of pyridine rings is 1. The monoisotopic (exact) mass is 333 g/mol. The lowest BCUT2D eigenvalue weighted by atomic mass is 10.2. The highest BCUT2D eigenvalue weighted by Crippen LogP contribution is 2.18. The third-order valence-corrected chi connectivity index (χ3v) is 3.57. The fourth-order valence-corrected chi connectivity index (χ4v) is 2.66. The number of hydrogen-bond donors (Lipinski definition) is 1. The Morgan fingerprint density at radius 1 is 1.20 bits per heavy atom. The molecule has 2 rings (SSSR count). The van der Waals surface area contributed by atoms with Gasteiger partial charge in [-0.05, 0) is 49.4 Å². The topological polar surface area (TPSA) is 28.2 Å². The first-order chi connectivity index (χ1) is 9.58. The van der Waals surface area contributed by atoms with Crippen molar-refractivity contribution in [3.05, 3.63) is 57.7 Å². The minimum absolute atomic E-state index is 0.842. The zero-order valence-electron chi connectivity index (χ0n) is 12.2. The van der Waals surface area contributed by atoms with Crippen LogP contribution >= 0.6 is 15.9 Å². The largest absolute Gasteiger partial charge is 0.355 e. The molecule has 1 N–H and O–H groups in total. The molecule has 20 heavy (non-hydrogen) atoms. The lowest BCUT2D eigenvalue weighted by Gasteiger charge is -2.20. The van der Waals surface area contributed by atoms with E-state index in [4.69, 9.17) is 0 Å². The molecule has 1 heterocycles. The SMILES string of the molecule is CNCc1cc(C)nc(N(C)Cc2cccc(Br)c2)c1. The first-order valence-corrected chi connectivity index (χ1v) is 7.45. The number of hydrogen-bond acceptors (Lipinski definition) is 3. The molecule has 0 aliphatic heterocycles. The van der Waals surface area contributed by atoms with Gasteiger partial charge in [0, 0.05) is 30.3 Å². The lowest BCUT2D eigenvalue weighted by Crippen LogP contribution is -2.18. The lowest BCUT2D eigenvalue weighted by molar-refractivity contribution is 0.808. The van der Waals surface area contributed by atoms with Crippen molar-refractivity contribution in [3.63, 3.8) is 0 Å². The Kier molecular flexibility index (Phi) is 5.15. The maximum atomic E-state index is 4.62. The molecule has 1 aromatic heterocycles. The molecule has 0 fully saturated rings.